The van der Waals surface area contributed by atoms with E-state index in [1.807, 2.05) is 0 Å². The van der Waals surface area contributed by atoms with Crippen LogP contribution in [0.3, 0.4) is 0 Å². The van der Waals surface area contributed by atoms with Gasteiger partial charge in [0.05, 0.1) is 25.4 Å². The van der Waals surface area contributed by atoms with E-state index in [2.05, 4.69) is 10.6 Å². The number of morpholine rings is 1. The number of benzene rings is 1. The minimum absolute atomic E-state index is 0.1000. The topological polar surface area (TPSA) is 97.0 Å². The van der Waals surface area contributed by atoms with Crippen molar-refractivity contribution in [1.82, 2.24) is 15.5 Å². The van der Waals surface area contributed by atoms with Gasteiger partial charge < -0.3 is 19.7 Å². The molecule has 4 amide bonds. The van der Waals surface area contributed by atoms with Gasteiger partial charge in [-0.3, -0.25) is 14.9 Å². The van der Waals surface area contributed by atoms with E-state index in [0.29, 0.717) is 37.4 Å². The third-order valence-corrected chi connectivity index (χ3v) is 4.86. The van der Waals surface area contributed by atoms with Crippen LogP contribution in [0.25, 0.3) is 0 Å². The lowest BCUT2D eigenvalue weighted by atomic mass is 9.91. The third-order valence-electron chi connectivity index (χ3n) is 4.86. The highest BCUT2D eigenvalue weighted by Gasteiger charge is 2.43. The monoisotopic (exact) mass is 345 g/mol. The number of nitrogens with zero attached hydrogens (tertiary/aromatic N) is 1. The van der Waals surface area contributed by atoms with E-state index < -0.39 is 17.5 Å². The van der Waals surface area contributed by atoms with Gasteiger partial charge in [-0.2, -0.15) is 0 Å². The Morgan fingerprint density at radius 1 is 1.24 bits per heavy atom. The highest BCUT2D eigenvalue weighted by molar-refractivity contribution is 6.07. The van der Waals surface area contributed by atoms with Crippen molar-refractivity contribution in [2.24, 2.45) is 0 Å². The van der Waals surface area contributed by atoms with Crippen molar-refractivity contribution >= 4 is 17.8 Å². The lowest BCUT2D eigenvalue weighted by Gasteiger charge is -2.41. The van der Waals surface area contributed by atoms with Crippen LogP contribution in [-0.2, 0) is 19.8 Å². The molecule has 0 aromatic heterocycles. The largest absolute Gasteiger partial charge is 0.376 e. The Hall–Kier alpha value is -2.45. The number of carbonyl (C=O) groups excluding carboxylic acids is 3. The first-order valence-electron chi connectivity index (χ1n) is 8.22. The van der Waals surface area contributed by atoms with Gasteiger partial charge in [-0.25, -0.2) is 4.79 Å². The number of urea groups is 1. The first kappa shape index (κ1) is 16.0. The molecule has 0 aliphatic carbocycles. The third kappa shape index (κ3) is 2.77. The molecule has 3 unspecified atom stereocenters. The molecule has 0 spiro atoms. The summed E-state index contributed by atoms with van der Waals surface area (Å²) < 4.78 is 11.2. The number of hydrogen-bond acceptors (Lipinski definition) is 5. The van der Waals surface area contributed by atoms with Crippen molar-refractivity contribution in [3.05, 3.63) is 35.4 Å². The number of nitrogens with one attached hydrogen (secondary N) is 2. The second kappa shape index (κ2) is 5.82. The lowest BCUT2D eigenvalue weighted by molar-refractivity contribution is -0.172. The second-order valence-electron chi connectivity index (χ2n) is 6.74. The molecule has 8 nitrogen and oxygen atoms in total. The standard InChI is InChI=1S/C17H19N3O5/c1-17(15(22)18-16(23)19-17)11-4-2-3-10(5-11)14(21)20-6-12-8-24-9-13(7-20)25-12/h2-5,12-13H,6-9H2,1H3,(H2,18,19,22,23). The highest BCUT2D eigenvalue weighted by Crippen LogP contribution is 2.26. The van der Waals surface area contributed by atoms with Crippen molar-refractivity contribution in [2.75, 3.05) is 26.3 Å². The van der Waals surface area contributed by atoms with Crippen LogP contribution in [-0.4, -0.2) is 61.3 Å². The lowest BCUT2D eigenvalue weighted by Crippen LogP contribution is -2.55. The second-order valence-corrected chi connectivity index (χ2v) is 6.74. The Kier molecular flexibility index (Phi) is 3.73. The van der Waals surface area contributed by atoms with E-state index in [1.165, 1.54) is 0 Å². The molecule has 25 heavy (non-hydrogen) atoms. The van der Waals surface area contributed by atoms with Gasteiger partial charge in [0.15, 0.2) is 0 Å². The number of ether oxygens (including phenoxy) is 2. The number of amides is 4. The molecule has 3 saturated heterocycles. The zero-order valence-corrected chi connectivity index (χ0v) is 13.8. The molecule has 0 saturated carbocycles. The van der Waals surface area contributed by atoms with Gasteiger partial charge in [0.1, 0.15) is 5.54 Å². The Morgan fingerprint density at radius 3 is 2.60 bits per heavy atom. The van der Waals surface area contributed by atoms with Crippen molar-refractivity contribution in [2.45, 2.75) is 24.7 Å². The summed E-state index contributed by atoms with van der Waals surface area (Å²) in [5.41, 5.74) is -0.130. The quantitative estimate of drug-likeness (QED) is 0.735. The minimum atomic E-state index is -1.18. The summed E-state index contributed by atoms with van der Waals surface area (Å²) in [5, 5.41) is 4.84. The molecule has 1 aromatic rings. The first-order valence-corrected chi connectivity index (χ1v) is 8.22. The summed E-state index contributed by atoms with van der Waals surface area (Å²) in [7, 11) is 0. The average Bonchev–Trinajstić information content (AvgIpc) is 2.87. The van der Waals surface area contributed by atoms with Crippen LogP contribution in [0.4, 0.5) is 4.79 Å². The van der Waals surface area contributed by atoms with E-state index in [9.17, 15) is 14.4 Å². The number of carbonyl (C=O) groups is 3. The molecule has 3 aliphatic heterocycles. The average molecular weight is 345 g/mol. The fourth-order valence-corrected chi connectivity index (χ4v) is 3.50. The van der Waals surface area contributed by atoms with Crippen molar-refractivity contribution < 1.29 is 23.9 Å². The molecule has 3 heterocycles. The smallest absolute Gasteiger partial charge is 0.322 e. The Labute approximate surface area is 144 Å². The zero-order chi connectivity index (χ0) is 17.6. The fourth-order valence-electron chi connectivity index (χ4n) is 3.50. The summed E-state index contributed by atoms with van der Waals surface area (Å²) in [6, 6.07) is 6.28. The Bertz CT molecular complexity index is 740. The number of rotatable bonds is 2. The number of fused-ring (bicyclic) bond motifs is 2. The van der Waals surface area contributed by atoms with E-state index in [4.69, 9.17) is 9.47 Å². The summed E-state index contributed by atoms with van der Waals surface area (Å²) in [6.45, 7) is 3.56. The summed E-state index contributed by atoms with van der Waals surface area (Å²) in [5.74, 6) is -0.546. The molecule has 132 valence electrons. The fraction of sp³-hybridized carbons (Fsp3) is 0.471. The summed E-state index contributed by atoms with van der Waals surface area (Å²) >= 11 is 0. The first-order chi connectivity index (χ1) is 12.0. The van der Waals surface area contributed by atoms with Gasteiger partial charge in [0, 0.05) is 18.7 Å². The van der Waals surface area contributed by atoms with Crippen LogP contribution in [0, 0.1) is 0 Å². The van der Waals surface area contributed by atoms with Crippen LogP contribution in [0.2, 0.25) is 0 Å². The van der Waals surface area contributed by atoms with Crippen LogP contribution < -0.4 is 10.6 Å². The van der Waals surface area contributed by atoms with Crippen LogP contribution in [0.1, 0.15) is 22.8 Å². The molecular weight excluding hydrogens is 326 g/mol. The predicted octanol–water partition coefficient (Wildman–Crippen LogP) is -0.0190. The van der Waals surface area contributed by atoms with Gasteiger partial charge in [-0.05, 0) is 24.6 Å². The van der Waals surface area contributed by atoms with Crippen LogP contribution >= 0.6 is 0 Å². The van der Waals surface area contributed by atoms with Gasteiger partial charge >= 0.3 is 6.03 Å². The molecule has 3 atom stereocenters. The number of hydrogen-bond donors (Lipinski definition) is 2. The summed E-state index contributed by atoms with van der Waals surface area (Å²) in [4.78, 5) is 38.2. The maximum atomic E-state index is 12.9. The Morgan fingerprint density at radius 2 is 1.96 bits per heavy atom. The summed E-state index contributed by atoms with van der Waals surface area (Å²) in [6.07, 6.45) is -0.200. The Balaban J connectivity index is 1.58. The molecule has 1 aromatic carbocycles. The highest BCUT2D eigenvalue weighted by atomic mass is 16.6. The normalized spacial score (nSPS) is 31.5. The zero-order valence-electron chi connectivity index (χ0n) is 13.8. The molecular formula is C17H19N3O5. The van der Waals surface area contributed by atoms with Gasteiger partial charge in [0.2, 0.25) is 0 Å². The molecule has 0 radical (unpaired) electrons. The minimum Gasteiger partial charge on any atom is -0.376 e. The van der Waals surface area contributed by atoms with Gasteiger partial charge in [-0.15, -0.1) is 0 Å². The molecule has 8 heteroatoms. The van der Waals surface area contributed by atoms with E-state index >= 15 is 0 Å². The molecule has 2 N–H and O–H groups in total. The maximum absolute atomic E-state index is 12.9. The van der Waals surface area contributed by atoms with Crippen LogP contribution in [0.15, 0.2) is 24.3 Å². The molecule has 4 rings (SSSR count). The van der Waals surface area contributed by atoms with Gasteiger partial charge in [0.25, 0.3) is 11.8 Å². The van der Waals surface area contributed by atoms with Crippen molar-refractivity contribution in [1.29, 1.82) is 0 Å². The molecule has 2 bridgehead atoms. The molecule has 3 fully saturated rings. The predicted molar refractivity (Wildman–Crippen MR) is 85.9 cm³/mol. The van der Waals surface area contributed by atoms with Crippen LogP contribution in [0.5, 0.6) is 0 Å². The maximum Gasteiger partial charge on any atom is 0.322 e. The SMILES string of the molecule is CC1(c2cccc(C(=O)N3CC4COCC(C3)O4)c2)NC(=O)NC1=O. The van der Waals surface area contributed by atoms with E-state index in [0.717, 1.165) is 0 Å². The van der Waals surface area contributed by atoms with Gasteiger partial charge in [-0.1, -0.05) is 12.1 Å². The number of imide groups is 1. The van der Waals surface area contributed by atoms with E-state index in [-0.39, 0.29) is 18.1 Å². The molecule has 3 aliphatic rings. The van der Waals surface area contributed by atoms with E-state index in [1.54, 1.807) is 36.1 Å². The van der Waals surface area contributed by atoms with Crippen molar-refractivity contribution in [3.63, 3.8) is 0 Å². The van der Waals surface area contributed by atoms with Crippen molar-refractivity contribution in [3.8, 4) is 0 Å².